The monoisotopic (exact) mass is 394 g/mol. The summed E-state index contributed by atoms with van der Waals surface area (Å²) in [6.45, 7) is 11.0. The molecule has 2 atom stereocenters. The molecule has 2 unspecified atom stereocenters. The predicted molar refractivity (Wildman–Crippen MR) is 109 cm³/mol. The van der Waals surface area contributed by atoms with Crippen LogP contribution in [0.4, 0.5) is 0 Å². The van der Waals surface area contributed by atoms with Gasteiger partial charge in [-0.1, -0.05) is 34.1 Å². The number of piperidine rings is 1. The lowest BCUT2D eigenvalue weighted by atomic mass is 9.85. The Labute approximate surface area is 169 Å². The number of carbonyl (C=O) groups excluding carboxylic acids is 3. The van der Waals surface area contributed by atoms with Crippen LogP contribution in [0.15, 0.2) is 0 Å². The lowest BCUT2D eigenvalue weighted by molar-refractivity contribution is -0.151. The van der Waals surface area contributed by atoms with E-state index in [2.05, 4.69) is 33.0 Å². The first kappa shape index (κ1) is 22.7. The summed E-state index contributed by atoms with van der Waals surface area (Å²) in [6, 6.07) is -0.600. The second kappa shape index (κ2) is 9.72. The normalized spacial score (nSPS) is 23.0. The summed E-state index contributed by atoms with van der Waals surface area (Å²) in [7, 11) is 0. The molecule has 2 aliphatic rings. The molecule has 3 amide bonds. The summed E-state index contributed by atoms with van der Waals surface area (Å²) >= 11 is 0. The number of nitrogens with two attached hydrogens (primary N) is 1. The molecule has 160 valence electrons. The minimum atomic E-state index is -0.415. The first-order chi connectivity index (χ1) is 13.1. The molecule has 2 rings (SSSR count). The van der Waals surface area contributed by atoms with Gasteiger partial charge in [-0.3, -0.25) is 14.4 Å². The molecule has 3 N–H and O–H groups in total. The number of primary amides is 1. The maximum absolute atomic E-state index is 13.4. The fourth-order valence-electron chi connectivity index (χ4n) is 4.34. The van der Waals surface area contributed by atoms with Crippen molar-refractivity contribution in [1.82, 2.24) is 15.1 Å². The third-order valence-electron chi connectivity index (χ3n) is 5.79. The maximum Gasteiger partial charge on any atom is 0.245 e. The van der Waals surface area contributed by atoms with Gasteiger partial charge < -0.3 is 20.9 Å². The molecule has 0 bridgehead atoms. The Morgan fingerprint density at radius 2 is 1.86 bits per heavy atom. The van der Waals surface area contributed by atoms with E-state index in [-0.39, 0.29) is 35.1 Å². The van der Waals surface area contributed by atoms with E-state index >= 15 is 0 Å². The zero-order valence-electron chi connectivity index (χ0n) is 18.0. The largest absolute Gasteiger partial charge is 0.370 e. The van der Waals surface area contributed by atoms with E-state index in [4.69, 9.17) is 5.73 Å². The zero-order chi connectivity index (χ0) is 20.9. The molecular weight excluding hydrogens is 356 g/mol. The van der Waals surface area contributed by atoms with Gasteiger partial charge >= 0.3 is 0 Å². The summed E-state index contributed by atoms with van der Waals surface area (Å²) < 4.78 is 0. The molecule has 0 aromatic heterocycles. The number of nitrogens with zero attached hydrogens (tertiary/aromatic N) is 2. The van der Waals surface area contributed by atoms with E-state index in [0.29, 0.717) is 32.5 Å². The fraction of sp³-hybridized carbons (Fsp3) is 0.857. The molecule has 0 aromatic carbocycles. The predicted octanol–water partition coefficient (Wildman–Crippen LogP) is 1.51. The van der Waals surface area contributed by atoms with Gasteiger partial charge in [-0.2, -0.15) is 0 Å². The van der Waals surface area contributed by atoms with Crippen LogP contribution < -0.4 is 11.1 Å². The minimum Gasteiger partial charge on any atom is -0.370 e. The first-order valence-electron chi connectivity index (χ1n) is 10.7. The third kappa shape index (κ3) is 6.19. The third-order valence-corrected chi connectivity index (χ3v) is 5.79. The molecule has 2 fully saturated rings. The number of hydrogen-bond donors (Lipinski definition) is 2. The number of hydrogen-bond acceptors (Lipinski definition) is 4. The molecule has 2 heterocycles. The van der Waals surface area contributed by atoms with Crippen LogP contribution in [0.3, 0.4) is 0 Å². The van der Waals surface area contributed by atoms with E-state index in [9.17, 15) is 14.4 Å². The van der Waals surface area contributed by atoms with Crippen molar-refractivity contribution in [1.29, 1.82) is 0 Å². The van der Waals surface area contributed by atoms with Gasteiger partial charge in [0.1, 0.15) is 6.04 Å². The highest BCUT2D eigenvalue weighted by Crippen LogP contribution is 2.28. The highest BCUT2D eigenvalue weighted by Gasteiger charge is 2.40. The van der Waals surface area contributed by atoms with Crippen LogP contribution in [-0.2, 0) is 14.4 Å². The topological polar surface area (TPSA) is 95.7 Å². The minimum absolute atomic E-state index is 0.0537. The number of piperazine rings is 1. The van der Waals surface area contributed by atoms with Crippen molar-refractivity contribution >= 4 is 17.7 Å². The number of rotatable bonds is 7. The molecule has 2 aliphatic heterocycles. The van der Waals surface area contributed by atoms with Crippen LogP contribution in [-0.4, -0.2) is 65.8 Å². The van der Waals surface area contributed by atoms with Gasteiger partial charge in [0.2, 0.25) is 17.7 Å². The Balaban J connectivity index is 2.11. The summed E-state index contributed by atoms with van der Waals surface area (Å²) in [5, 5.41) is 3.30. The van der Waals surface area contributed by atoms with Crippen LogP contribution in [0, 0.1) is 11.3 Å². The number of carbonyl (C=O) groups is 3. The van der Waals surface area contributed by atoms with Crippen molar-refractivity contribution in [3.63, 3.8) is 0 Å². The molecule has 0 spiro atoms. The molecular formula is C21H38N4O3. The molecule has 0 saturated carbocycles. The van der Waals surface area contributed by atoms with Gasteiger partial charge in [0, 0.05) is 32.6 Å². The molecule has 28 heavy (non-hydrogen) atoms. The van der Waals surface area contributed by atoms with Gasteiger partial charge in [-0.15, -0.1) is 0 Å². The molecule has 7 heteroatoms. The Hall–Kier alpha value is -1.63. The molecule has 0 aliphatic carbocycles. The Bertz CT molecular complexity index is 562. The van der Waals surface area contributed by atoms with E-state index < -0.39 is 6.04 Å². The average Bonchev–Trinajstić information content (AvgIpc) is 2.61. The van der Waals surface area contributed by atoms with E-state index in [1.54, 1.807) is 0 Å². The Morgan fingerprint density at radius 1 is 1.21 bits per heavy atom. The highest BCUT2D eigenvalue weighted by molar-refractivity contribution is 5.90. The quantitative estimate of drug-likeness (QED) is 0.684. The lowest BCUT2D eigenvalue weighted by Crippen LogP contribution is -2.62. The fourth-order valence-corrected chi connectivity index (χ4v) is 4.34. The van der Waals surface area contributed by atoms with E-state index in [1.807, 2.05) is 9.80 Å². The summed E-state index contributed by atoms with van der Waals surface area (Å²) in [5.74, 6) is 0.0957. The molecule has 2 saturated heterocycles. The number of nitrogens with one attached hydrogen (secondary N) is 1. The Morgan fingerprint density at radius 3 is 2.39 bits per heavy atom. The van der Waals surface area contributed by atoms with Crippen molar-refractivity contribution in [2.24, 2.45) is 17.1 Å². The number of amides is 3. The van der Waals surface area contributed by atoms with Crippen molar-refractivity contribution in [3.05, 3.63) is 0 Å². The molecule has 0 radical (unpaired) electrons. The summed E-state index contributed by atoms with van der Waals surface area (Å²) in [5.41, 5.74) is 5.26. The van der Waals surface area contributed by atoms with Gasteiger partial charge in [-0.05, 0) is 37.0 Å². The van der Waals surface area contributed by atoms with E-state index in [0.717, 1.165) is 32.2 Å². The standard InChI is InChI=1S/C21H38N4O3/c1-5-6-16-19(27)25(12-9-23-16)17(14-21(2,3)4)20(28)24-10-7-15(8-11-24)13-18(22)26/h15-17,23H,5-14H2,1-4H3,(H2,22,26). The maximum atomic E-state index is 13.4. The summed E-state index contributed by atoms with van der Waals surface area (Å²) in [6.07, 6.45) is 4.36. The second-order valence-electron chi connectivity index (χ2n) is 9.55. The highest BCUT2D eigenvalue weighted by atomic mass is 16.2. The molecule has 0 aromatic rings. The van der Waals surface area contributed by atoms with Gasteiger partial charge in [0.05, 0.1) is 6.04 Å². The average molecular weight is 395 g/mol. The van der Waals surface area contributed by atoms with Crippen molar-refractivity contribution in [2.75, 3.05) is 26.2 Å². The zero-order valence-corrected chi connectivity index (χ0v) is 18.0. The van der Waals surface area contributed by atoms with Gasteiger partial charge in [0.15, 0.2) is 0 Å². The molecule has 7 nitrogen and oxygen atoms in total. The van der Waals surface area contributed by atoms with Crippen LogP contribution in [0.1, 0.15) is 66.2 Å². The van der Waals surface area contributed by atoms with Gasteiger partial charge in [-0.25, -0.2) is 0 Å². The lowest BCUT2D eigenvalue weighted by Gasteiger charge is -2.43. The van der Waals surface area contributed by atoms with Crippen LogP contribution in [0.2, 0.25) is 0 Å². The van der Waals surface area contributed by atoms with Crippen LogP contribution >= 0.6 is 0 Å². The van der Waals surface area contributed by atoms with Gasteiger partial charge in [0.25, 0.3) is 0 Å². The van der Waals surface area contributed by atoms with E-state index in [1.165, 1.54) is 0 Å². The van der Waals surface area contributed by atoms with Crippen molar-refractivity contribution < 1.29 is 14.4 Å². The smallest absolute Gasteiger partial charge is 0.245 e. The Kier molecular flexibility index (Phi) is 7.87. The first-order valence-corrected chi connectivity index (χ1v) is 10.7. The SMILES string of the molecule is CCCC1NCCN(C(CC(C)(C)C)C(=O)N2CCC(CC(N)=O)CC2)C1=O. The van der Waals surface area contributed by atoms with Crippen molar-refractivity contribution in [3.8, 4) is 0 Å². The summed E-state index contributed by atoms with van der Waals surface area (Å²) in [4.78, 5) is 41.4. The van der Waals surface area contributed by atoms with Crippen molar-refractivity contribution in [2.45, 2.75) is 78.3 Å². The number of likely N-dealkylation sites (tertiary alicyclic amines) is 1. The second-order valence-corrected chi connectivity index (χ2v) is 9.55. The van der Waals surface area contributed by atoms with Crippen LogP contribution in [0.5, 0.6) is 0 Å². The van der Waals surface area contributed by atoms with Crippen LogP contribution in [0.25, 0.3) is 0 Å².